The number of likely N-dealkylation sites (tertiary alicyclic amines) is 1. The lowest BCUT2D eigenvalue weighted by Crippen LogP contribution is -2.38. The Morgan fingerprint density at radius 1 is 1.18 bits per heavy atom. The van der Waals surface area contributed by atoms with Gasteiger partial charge in [0.15, 0.2) is 6.10 Å². The standard InChI is InChI=1S/C21H19ClN2O3S/c1-13(20(25)24-10-4-5-11-24)27-21(26)15-12-17(18-8-9-19(22)28-18)23-16-7-3-2-6-14(15)16/h2-3,6-9,12-13H,4-5,10-11H2,1H3. The van der Waals surface area contributed by atoms with Gasteiger partial charge < -0.3 is 9.64 Å². The number of hydrogen-bond acceptors (Lipinski definition) is 5. The molecule has 3 heterocycles. The molecule has 28 heavy (non-hydrogen) atoms. The van der Waals surface area contributed by atoms with Gasteiger partial charge in [0, 0.05) is 18.5 Å². The van der Waals surface area contributed by atoms with Crippen molar-refractivity contribution in [2.75, 3.05) is 13.1 Å². The van der Waals surface area contributed by atoms with Gasteiger partial charge in [0.25, 0.3) is 5.91 Å². The van der Waals surface area contributed by atoms with Gasteiger partial charge in [0.2, 0.25) is 0 Å². The maximum atomic E-state index is 12.9. The number of para-hydroxylation sites is 1. The summed E-state index contributed by atoms with van der Waals surface area (Å²) in [6.07, 6.45) is 1.17. The fraction of sp³-hybridized carbons (Fsp3) is 0.286. The highest BCUT2D eigenvalue weighted by Crippen LogP contribution is 2.32. The molecule has 0 radical (unpaired) electrons. The number of esters is 1. The first-order valence-electron chi connectivity index (χ1n) is 9.18. The number of pyridine rings is 1. The average Bonchev–Trinajstić information content (AvgIpc) is 3.38. The molecule has 144 valence electrons. The smallest absolute Gasteiger partial charge is 0.339 e. The molecule has 1 amide bonds. The first-order valence-corrected chi connectivity index (χ1v) is 10.4. The van der Waals surface area contributed by atoms with Gasteiger partial charge in [-0.25, -0.2) is 9.78 Å². The van der Waals surface area contributed by atoms with Crippen molar-refractivity contribution in [3.8, 4) is 10.6 Å². The van der Waals surface area contributed by atoms with Crippen molar-refractivity contribution < 1.29 is 14.3 Å². The first-order chi connectivity index (χ1) is 13.5. The van der Waals surface area contributed by atoms with E-state index in [0.29, 0.717) is 26.5 Å². The van der Waals surface area contributed by atoms with Gasteiger partial charge in [-0.05, 0) is 44.0 Å². The maximum absolute atomic E-state index is 12.9. The van der Waals surface area contributed by atoms with Crippen LogP contribution in [0, 0.1) is 0 Å². The Morgan fingerprint density at radius 3 is 2.64 bits per heavy atom. The van der Waals surface area contributed by atoms with Crippen molar-refractivity contribution in [2.24, 2.45) is 0 Å². The molecular formula is C21H19ClN2O3S. The van der Waals surface area contributed by atoms with E-state index >= 15 is 0 Å². The predicted octanol–water partition coefficient (Wildman–Crippen LogP) is 4.78. The maximum Gasteiger partial charge on any atom is 0.339 e. The van der Waals surface area contributed by atoms with Crippen LogP contribution in [0.15, 0.2) is 42.5 Å². The molecule has 0 aliphatic carbocycles. The molecule has 1 aliphatic rings. The number of rotatable bonds is 4. The summed E-state index contributed by atoms with van der Waals surface area (Å²) in [6.45, 7) is 3.08. The molecule has 1 unspecified atom stereocenters. The summed E-state index contributed by atoms with van der Waals surface area (Å²) in [5.74, 6) is -0.669. The Bertz CT molecular complexity index is 1040. The van der Waals surface area contributed by atoms with Gasteiger partial charge in [-0.2, -0.15) is 0 Å². The second-order valence-corrected chi connectivity index (χ2v) is 8.47. The fourth-order valence-corrected chi connectivity index (χ4v) is 4.40. The third-order valence-electron chi connectivity index (χ3n) is 4.81. The number of amides is 1. The number of carbonyl (C=O) groups excluding carboxylic acids is 2. The van der Waals surface area contributed by atoms with E-state index in [1.54, 1.807) is 24.0 Å². The van der Waals surface area contributed by atoms with E-state index in [0.717, 1.165) is 30.8 Å². The molecule has 2 aromatic heterocycles. The number of nitrogens with zero attached hydrogens (tertiary/aromatic N) is 2. The molecule has 3 aromatic rings. The van der Waals surface area contributed by atoms with E-state index in [-0.39, 0.29) is 5.91 Å². The second-order valence-electron chi connectivity index (χ2n) is 6.76. The minimum absolute atomic E-state index is 0.144. The Morgan fingerprint density at radius 2 is 1.93 bits per heavy atom. The lowest BCUT2D eigenvalue weighted by molar-refractivity contribution is -0.138. The van der Waals surface area contributed by atoms with Crippen LogP contribution in [-0.4, -0.2) is 41.0 Å². The van der Waals surface area contributed by atoms with Crippen LogP contribution < -0.4 is 0 Å². The van der Waals surface area contributed by atoms with Crippen LogP contribution in [0.2, 0.25) is 4.34 Å². The van der Waals surface area contributed by atoms with Crippen molar-refractivity contribution in [3.05, 3.63) is 52.4 Å². The molecule has 1 aliphatic heterocycles. The summed E-state index contributed by atoms with van der Waals surface area (Å²) in [4.78, 5) is 32.7. The molecule has 1 atom stereocenters. The third-order valence-corrected chi connectivity index (χ3v) is 6.06. The zero-order valence-electron chi connectivity index (χ0n) is 15.4. The Hall–Kier alpha value is -2.44. The van der Waals surface area contributed by atoms with Crippen LogP contribution in [-0.2, 0) is 9.53 Å². The number of thiophene rings is 1. The van der Waals surface area contributed by atoms with Crippen LogP contribution >= 0.6 is 22.9 Å². The quantitative estimate of drug-likeness (QED) is 0.576. The van der Waals surface area contributed by atoms with Gasteiger partial charge in [0.1, 0.15) is 0 Å². The average molecular weight is 415 g/mol. The molecule has 5 nitrogen and oxygen atoms in total. The minimum Gasteiger partial charge on any atom is -0.449 e. The van der Waals surface area contributed by atoms with E-state index in [1.807, 2.05) is 30.3 Å². The number of benzene rings is 1. The van der Waals surface area contributed by atoms with E-state index in [9.17, 15) is 9.59 Å². The van der Waals surface area contributed by atoms with Crippen LogP contribution in [0.25, 0.3) is 21.5 Å². The number of aromatic nitrogens is 1. The van der Waals surface area contributed by atoms with Crippen molar-refractivity contribution in [1.29, 1.82) is 0 Å². The normalized spacial score (nSPS) is 15.0. The number of hydrogen-bond donors (Lipinski definition) is 0. The highest BCUT2D eigenvalue weighted by molar-refractivity contribution is 7.19. The molecule has 1 saturated heterocycles. The zero-order valence-corrected chi connectivity index (χ0v) is 16.9. The summed E-state index contributed by atoms with van der Waals surface area (Å²) in [5, 5.41) is 0.694. The Kier molecular flexibility index (Phi) is 5.33. The van der Waals surface area contributed by atoms with Crippen molar-refractivity contribution in [2.45, 2.75) is 25.9 Å². The second kappa shape index (κ2) is 7.89. The van der Waals surface area contributed by atoms with Crippen molar-refractivity contribution >= 4 is 45.7 Å². The highest BCUT2D eigenvalue weighted by atomic mass is 35.5. The van der Waals surface area contributed by atoms with Crippen LogP contribution in [0.1, 0.15) is 30.1 Å². The van der Waals surface area contributed by atoms with Crippen LogP contribution in [0.3, 0.4) is 0 Å². The SMILES string of the molecule is CC(OC(=O)c1cc(-c2ccc(Cl)s2)nc2ccccc12)C(=O)N1CCCC1. The van der Waals surface area contributed by atoms with E-state index in [2.05, 4.69) is 4.98 Å². The zero-order chi connectivity index (χ0) is 19.7. The van der Waals surface area contributed by atoms with Gasteiger partial charge in [-0.3, -0.25) is 4.79 Å². The summed E-state index contributed by atoms with van der Waals surface area (Å²) < 4.78 is 6.19. The van der Waals surface area contributed by atoms with Gasteiger partial charge in [-0.1, -0.05) is 29.8 Å². The van der Waals surface area contributed by atoms with Gasteiger partial charge >= 0.3 is 5.97 Å². The summed E-state index contributed by atoms with van der Waals surface area (Å²) in [7, 11) is 0. The number of carbonyl (C=O) groups is 2. The summed E-state index contributed by atoms with van der Waals surface area (Å²) >= 11 is 7.45. The topological polar surface area (TPSA) is 59.5 Å². The fourth-order valence-electron chi connectivity index (χ4n) is 3.39. The molecule has 4 rings (SSSR count). The molecule has 1 aromatic carbocycles. The van der Waals surface area contributed by atoms with Gasteiger partial charge in [-0.15, -0.1) is 11.3 Å². The van der Waals surface area contributed by atoms with E-state index < -0.39 is 12.1 Å². The molecule has 0 saturated carbocycles. The molecule has 0 spiro atoms. The lowest BCUT2D eigenvalue weighted by atomic mass is 10.1. The largest absolute Gasteiger partial charge is 0.449 e. The number of fused-ring (bicyclic) bond motifs is 1. The molecular weight excluding hydrogens is 396 g/mol. The summed E-state index contributed by atoms with van der Waals surface area (Å²) in [5.41, 5.74) is 1.74. The van der Waals surface area contributed by atoms with Crippen molar-refractivity contribution in [1.82, 2.24) is 9.88 Å². The third kappa shape index (κ3) is 3.75. The number of ether oxygens (including phenoxy) is 1. The van der Waals surface area contributed by atoms with E-state index in [4.69, 9.17) is 16.3 Å². The van der Waals surface area contributed by atoms with Crippen LogP contribution in [0.4, 0.5) is 0 Å². The Balaban J connectivity index is 1.66. The monoisotopic (exact) mass is 414 g/mol. The molecule has 1 fully saturated rings. The predicted molar refractivity (Wildman–Crippen MR) is 111 cm³/mol. The molecule has 0 N–H and O–H groups in total. The van der Waals surface area contributed by atoms with E-state index in [1.165, 1.54) is 11.3 Å². The summed E-state index contributed by atoms with van der Waals surface area (Å²) in [6, 6.07) is 12.8. The highest BCUT2D eigenvalue weighted by Gasteiger charge is 2.27. The number of halogens is 1. The first kappa shape index (κ1) is 18.9. The minimum atomic E-state index is -0.822. The Labute approximate surface area is 171 Å². The lowest BCUT2D eigenvalue weighted by Gasteiger charge is -2.20. The van der Waals surface area contributed by atoms with Crippen LogP contribution in [0.5, 0.6) is 0 Å². The van der Waals surface area contributed by atoms with Gasteiger partial charge in [0.05, 0.1) is 26.0 Å². The molecule has 0 bridgehead atoms. The van der Waals surface area contributed by atoms with Crippen molar-refractivity contribution in [3.63, 3.8) is 0 Å². The molecule has 7 heteroatoms.